The van der Waals surface area contributed by atoms with Crippen molar-refractivity contribution in [1.29, 1.82) is 0 Å². The quantitative estimate of drug-likeness (QED) is 0.0568. The molecule has 0 spiro atoms. The first-order chi connectivity index (χ1) is 25.1. The molecule has 0 saturated heterocycles. The number of aliphatic carboxylic acids is 4. The third-order valence-electron chi connectivity index (χ3n) is 8.94. The van der Waals surface area contributed by atoms with Crippen LogP contribution in [0.4, 0.5) is 0 Å². The fraction of sp³-hybridized carbons (Fsp3) is 0.909. The van der Waals surface area contributed by atoms with E-state index in [1.807, 2.05) is 0 Å². The molecule has 1 radical (unpaired) electrons. The second-order valence-electron chi connectivity index (χ2n) is 14.4. The zero-order valence-electron chi connectivity index (χ0n) is 35.2. The van der Waals surface area contributed by atoms with Crippen LogP contribution in [0.15, 0.2) is 0 Å². The van der Waals surface area contributed by atoms with Crippen molar-refractivity contribution in [1.82, 2.24) is 0 Å². The Morgan fingerprint density at radius 1 is 0.245 bits per heavy atom. The van der Waals surface area contributed by atoms with E-state index in [2.05, 4.69) is 27.7 Å². The molecule has 0 aromatic rings. The molecule has 0 fully saturated rings. The van der Waals surface area contributed by atoms with Gasteiger partial charge >= 0.3 is 18.6 Å². The first-order valence-electron chi connectivity index (χ1n) is 21.9. The van der Waals surface area contributed by atoms with Gasteiger partial charge in [0.1, 0.15) is 0 Å². The van der Waals surface area contributed by atoms with Gasteiger partial charge in [0.25, 0.3) is 0 Å². The Morgan fingerprint density at radius 2 is 0.358 bits per heavy atom. The Labute approximate surface area is 339 Å². The largest absolute Gasteiger partial charge is 4.00 e. The fourth-order valence-electron chi connectivity index (χ4n) is 5.61. The van der Waals surface area contributed by atoms with E-state index < -0.39 is 23.9 Å². The summed E-state index contributed by atoms with van der Waals surface area (Å²) in [5.41, 5.74) is 0. The molecule has 0 heterocycles. The van der Waals surface area contributed by atoms with Crippen LogP contribution < -0.4 is 20.4 Å². The predicted octanol–water partition coefficient (Wildman–Crippen LogP) is 9.07. The van der Waals surface area contributed by atoms with E-state index in [9.17, 15) is 39.6 Å². The summed E-state index contributed by atoms with van der Waals surface area (Å²) in [5, 5.41) is 40.2. The zero-order valence-corrected chi connectivity index (χ0v) is 36.6. The Kier molecular flexibility index (Phi) is 65.5. The number of carboxylic acid groups (broad SMARTS) is 4. The SMILES string of the molecule is CCCCCCCCCCC(=O)[O-].CCCCCCCCCCC(=O)[O-].CCCCCCCCCCC(=O)[O-].CCCCCCCCCCC(=O)[O-].[V+4]. The van der Waals surface area contributed by atoms with Crippen LogP contribution in [0.5, 0.6) is 0 Å². The van der Waals surface area contributed by atoms with Gasteiger partial charge in [0, 0.05) is 23.9 Å². The molecule has 0 aromatic carbocycles. The van der Waals surface area contributed by atoms with Gasteiger partial charge in [-0.1, -0.05) is 207 Å². The third kappa shape index (κ3) is 80.1. The number of rotatable bonds is 36. The van der Waals surface area contributed by atoms with Crippen molar-refractivity contribution in [3.05, 3.63) is 0 Å². The van der Waals surface area contributed by atoms with Gasteiger partial charge in [0.05, 0.1) is 0 Å². The van der Waals surface area contributed by atoms with E-state index in [1.54, 1.807) is 0 Å². The minimum absolute atomic E-state index is 0. The summed E-state index contributed by atoms with van der Waals surface area (Å²) in [5.74, 6) is -3.64. The summed E-state index contributed by atoms with van der Waals surface area (Å²) in [6, 6.07) is 0. The molecule has 0 aromatic heterocycles. The predicted molar refractivity (Wildman–Crippen MR) is 209 cm³/mol. The molecule has 0 N–H and O–H groups in total. The monoisotopic (exact) mass is 792 g/mol. The first-order valence-corrected chi connectivity index (χ1v) is 21.9. The number of carbonyl (C=O) groups is 4. The van der Waals surface area contributed by atoms with Gasteiger partial charge in [-0.2, -0.15) is 0 Å². The summed E-state index contributed by atoms with van der Waals surface area (Å²) in [6.07, 6.45) is 39.0. The van der Waals surface area contributed by atoms with E-state index in [4.69, 9.17) is 0 Å². The van der Waals surface area contributed by atoms with Crippen molar-refractivity contribution >= 4 is 23.9 Å². The minimum atomic E-state index is -0.911. The molecule has 0 amide bonds. The van der Waals surface area contributed by atoms with E-state index in [0.29, 0.717) is 0 Å². The normalized spacial score (nSPS) is 10.0. The molecule has 0 atom stereocenters. The van der Waals surface area contributed by atoms with Crippen molar-refractivity contribution < 1.29 is 58.2 Å². The number of hydrogen-bond acceptors (Lipinski definition) is 8. The average molecular weight is 792 g/mol. The summed E-state index contributed by atoms with van der Waals surface area (Å²) >= 11 is 0. The van der Waals surface area contributed by atoms with Gasteiger partial charge < -0.3 is 39.6 Å². The maximum Gasteiger partial charge on any atom is 4.00 e. The molecular formula is C44H84O8V. The van der Waals surface area contributed by atoms with Crippen LogP contribution in [-0.4, -0.2) is 23.9 Å². The van der Waals surface area contributed by atoms with Crippen LogP contribution in [0.25, 0.3) is 0 Å². The van der Waals surface area contributed by atoms with Gasteiger partial charge in [0.2, 0.25) is 0 Å². The van der Waals surface area contributed by atoms with E-state index >= 15 is 0 Å². The molecule has 0 aliphatic carbocycles. The minimum Gasteiger partial charge on any atom is -0.550 e. The van der Waals surface area contributed by atoms with Gasteiger partial charge in [-0.3, -0.25) is 0 Å². The zero-order chi connectivity index (χ0) is 39.8. The second-order valence-corrected chi connectivity index (χ2v) is 14.4. The van der Waals surface area contributed by atoms with E-state index in [0.717, 1.165) is 51.4 Å². The van der Waals surface area contributed by atoms with Gasteiger partial charge in [0.15, 0.2) is 0 Å². The smallest absolute Gasteiger partial charge is 0.550 e. The maximum atomic E-state index is 10.1. The second kappa shape index (κ2) is 57.2. The molecule has 8 nitrogen and oxygen atoms in total. The standard InChI is InChI=1S/4C11H22O2.V/c4*1-2-3-4-5-6-7-8-9-10-11(12)13;/h4*2-10H2,1H3,(H,12,13);/q;;;;+4/p-4. The molecule has 0 unspecified atom stereocenters. The summed E-state index contributed by atoms with van der Waals surface area (Å²) in [6.45, 7) is 8.83. The molecule has 0 saturated carbocycles. The van der Waals surface area contributed by atoms with Gasteiger partial charge in [-0.05, 0) is 51.4 Å². The topological polar surface area (TPSA) is 161 Å². The number of hydrogen-bond donors (Lipinski definition) is 0. The van der Waals surface area contributed by atoms with Crippen LogP contribution in [0.2, 0.25) is 0 Å². The van der Waals surface area contributed by atoms with E-state index in [-0.39, 0.29) is 44.2 Å². The molecule has 0 aliphatic heterocycles. The molecule has 0 aliphatic rings. The average Bonchev–Trinajstić information content (AvgIpc) is 3.10. The number of unbranched alkanes of at least 4 members (excludes halogenated alkanes) is 28. The summed E-state index contributed by atoms with van der Waals surface area (Å²) in [7, 11) is 0. The van der Waals surface area contributed by atoms with Gasteiger partial charge in [-0.25, -0.2) is 0 Å². The summed E-state index contributed by atoms with van der Waals surface area (Å²) < 4.78 is 0. The van der Waals surface area contributed by atoms with Crippen molar-refractivity contribution in [3.63, 3.8) is 0 Å². The molecule has 0 rings (SSSR count). The Morgan fingerprint density at radius 3 is 0.472 bits per heavy atom. The molecule has 9 heteroatoms. The van der Waals surface area contributed by atoms with Crippen LogP contribution in [0.3, 0.4) is 0 Å². The van der Waals surface area contributed by atoms with Gasteiger partial charge in [-0.15, -0.1) is 0 Å². The summed E-state index contributed by atoms with van der Waals surface area (Å²) in [4.78, 5) is 40.2. The maximum absolute atomic E-state index is 10.1. The first kappa shape index (κ1) is 60.7. The molecule has 0 bridgehead atoms. The van der Waals surface area contributed by atoms with Crippen molar-refractivity contribution in [2.24, 2.45) is 0 Å². The van der Waals surface area contributed by atoms with Crippen LogP contribution in [-0.2, 0) is 37.7 Å². The molecular weight excluding hydrogens is 707 g/mol. The van der Waals surface area contributed by atoms with Crippen LogP contribution in [0, 0.1) is 0 Å². The van der Waals surface area contributed by atoms with Crippen molar-refractivity contribution in [2.45, 2.75) is 259 Å². The number of carboxylic acids is 4. The molecule has 313 valence electrons. The van der Waals surface area contributed by atoms with Crippen LogP contribution in [0.1, 0.15) is 259 Å². The number of carbonyl (C=O) groups excluding carboxylic acids is 4. The van der Waals surface area contributed by atoms with Crippen molar-refractivity contribution in [3.8, 4) is 0 Å². The third-order valence-corrected chi connectivity index (χ3v) is 8.94. The van der Waals surface area contributed by atoms with Crippen LogP contribution >= 0.6 is 0 Å². The molecule has 53 heavy (non-hydrogen) atoms. The Hall–Kier alpha value is -1.54. The van der Waals surface area contributed by atoms with Crippen molar-refractivity contribution in [2.75, 3.05) is 0 Å². The Bertz CT molecular complexity index is 612. The Balaban J connectivity index is -0.000000192. The fourth-order valence-corrected chi connectivity index (χ4v) is 5.61. The van der Waals surface area contributed by atoms with E-state index in [1.165, 1.54) is 154 Å².